The molecule has 0 bridgehead atoms. The Kier molecular flexibility index (Phi) is 3.02. The fourth-order valence-corrected chi connectivity index (χ4v) is 0.994. The van der Waals surface area contributed by atoms with E-state index in [0.29, 0.717) is 12.1 Å². The summed E-state index contributed by atoms with van der Waals surface area (Å²) < 4.78 is 1.02. The molecule has 4 nitrogen and oxygen atoms in total. The van der Waals surface area contributed by atoms with Crippen molar-refractivity contribution in [3.05, 3.63) is 28.5 Å². The van der Waals surface area contributed by atoms with Crippen molar-refractivity contribution in [2.75, 3.05) is 6.54 Å². The van der Waals surface area contributed by atoms with Gasteiger partial charge < -0.3 is 10.5 Å². The molecule has 0 aromatic carbocycles. The lowest BCUT2D eigenvalue weighted by atomic mass is 10.3. The topological polar surface area (TPSA) is 54.3 Å². The molecule has 13 heavy (non-hydrogen) atoms. The van der Waals surface area contributed by atoms with Crippen LogP contribution in [-0.2, 0) is 0 Å². The average molecular weight is 198 g/mol. The summed E-state index contributed by atoms with van der Waals surface area (Å²) in [5.41, 5.74) is 0.387. The summed E-state index contributed by atoms with van der Waals surface area (Å²) in [5.74, 6) is -0.222. The van der Waals surface area contributed by atoms with Crippen LogP contribution in [0.3, 0.4) is 0 Å². The molecule has 1 aromatic rings. The normalized spacial score (nSPS) is 9.62. The zero-order valence-electron chi connectivity index (χ0n) is 7.15. The van der Waals surface area contributed by atoms with Crippen LogP contribution in [0.4, 0.5) is 0 Å². The quantitative estimate of drug-likeness (QED) is 0.554. The zero-order valence-corrected chi connectivity index (χ0v) is 7.97. The minimum Gasteiger partial charge on any atom is -0.428 e. The van der Waals surface area contributed by atoms with Crippen LogP contribution in [0.15, 0.2) is 18.3 Å². The smallest absolute Gasteiger partial charge is 0.252 e. The predicted molar refractivity (Wildman–Crippen MR) is 50.5 cm³/mol. The van der Waals surface area contributed by atoms with Gasteiger partial charge in [0, 0.05) is 6.54 Å². The molecule has 1 aromatic heterocycles. The minimum atomic E-state index is -0.222. The van der Waals surface area contributed by atoms with Gasteiger partial charge in [0.25, 0.3) is 5.91 Å². The van der Waals surface area contributed by atoms with Gasteiger partial charge in [0.05, 0.1) is 11.8 Å². The van der Waals surface area contributed by atoms with E-state index < -0.39 is 0 Å². The van der Waals surface area contributed by atoms with Crippen LogP contribution in [-0.4, -0.2) is 22.4 Å². The number of rotatable bonds is 2. The largest absolute Gasteiger partial charge is 0.428 e. The van der Waals surface area contributed by atoms with Crippen molar-refractivity contribution < 1.29 is 10.0 Å². The van der Waals surface area contributed by atoms with Crippen molar-refractivity contribution in [3.63, 3.8) is 0 Å². The fourth-order valence-electron chi connectivity index (χ4n) is 0.873. The third-order valence-electron chi connectivity index (χ3n) is 1.49. The lowest BCUT2D eigenvalue weighted by Gasteiger charge is -2.03. The summed E-state index contributed by atoms with van der Waals surface area (Å²) in [7, 11) is 0. The molecular weight excluding hydrogens is 188 g/mol. The van der Waals surface area contributed by atoms with Crippen LogP contribution in [0, 0.1) is 4.64 Å². The summed E-state index contributed by atoms with van der Waals surface area (Å²) in [6.07, 6.45) is 1.29. The Hall–Kier alpha value is -1.36. The third-order valence-corrected chi connectivity index (χ3v) is 1.82. The van der Waals surface area contributed by atoms with Crippen LogP contribution in [0.2, 0.25) is 0 Å². The number of amides is 1. The van der Waals surface area contributed by atoms with Crippen LogP contribution in [0.25, 0.3) is 0 Å². The van der Waals surface area contributed by atoms with Crippen LogP contribution in [0.1, 0.15) is 17.3 Å². The SMILES string of the molecule is CCNC(=O)c1ccc(=S)n(O)c1. The zero-order chi connectivity index (χ0) is 9.84. The first kappa shape index (κ1) is 9.73. The van der Waals surface area contributed by atoms with Crippen LogP contribution >= 0.6 is 12.2 Å². The molecule has 0 aliphatic carbocycles. The molecule has 0 spiro atoms. The Morgan fingerprint density at radius 3 is 2.92 bits per heavy atom. The van der Waals surface area contributed by atoms with Gasteiger partial charge in [0.1, 0.15) is 4.64 Å². The molecule has 1 heterocycles. The highest BCUT2D eigenvalue weighted by Gasteiger charge is 2.03. The molecular formula is C8H10N2O2S. The van der Waals surface area contributed by atoms with Crippen LogP contribution in [0.5, 0.6) is 0 Å². The van der Waals surface area contributed by atoms with E-state index in [-0.39, 0.29) is 10.5 Å². The maximum absolute atomic E-state index is 11.2. The van der Waals surface area contributed by atoms with Gasteiger partial charge in [0.2, 0.25) is 0 Å². The van der Waals surface area contributed by atoms with Crippen molar-refractivity contribution >= 4 is 18.1 Å². The summed E-state index contributed by atoms with van der Waals surface area (Å²) >= 11 is 4.75. The number of aromatic nitrogens is 1. The monoisotopic (exact) mass is 198 g/mol. The van der Waals surface area contributed by atoms with Gasteiger partial charge in [0.15, 0.2) is 0 Å². The first-order valence-electron chi connectivity index (χ1n) is 3.85. The molecule has 0 aliphatic rings. The van der Waals surface area contributed by atoms with Crippen molar-refractivity contribution in [2.45, 2.75) is 6.92 Å². The van der Waals surface area contributed by atoms with E-state index in [0.717, 1.165) is 4.73 Å². The van der Waals surface area contributed by atoms with E-state index in [1.807, 2.05) is 6.92 Å². The van der Waals surface area contributed by atoms with Gasteiger partial charge in [-0.1, -0.05) is 12.2 Å². The second-order valence-corrected chi connectivity index (χ2v) is 2.88. The molecule has 2 N–H and O–H groups in total. The van der Waals surface area contributed by atoms with Crippen molar-refractivity contribution in [3.8, 4) is 0 Å². The Morgan fingerprint density at radius 2 is 2.38 bits per heavy atom. The molecule has 0 saturated heterocycles. The summed E-state index contributed by atoms with van der Waals surface area (Å²) in [4.78, 5) is 11.2. The first-order valence-corrected chi connectivity index (χ1v) is 4.26. The molecule has 1 amide bonds. The highest BCUT2D eigenvalue weighted by Crippen LogP contribution is 1.99. The number of hydrogen-bond donors (Lipinski definition) is 2. The molecule has 5 heteroatoms. The number of nitrogens with zero attached hydrogens (tertiary/aromatic N) is 1. The molecule has 0 saturated carbocycles. The standard InChI is InChI=1S/C8H10N2O2S/c1-2-9-8(11)6-3-4-7(13)10(12)5-6/h3-5,12H,2H2,1H3,(H,9,11). The number of pyridine rings is 1. The third kappa shape index (κ3) is 2.29. The predicted octanol–water partition coefficient (Wildman–Crippen LogP) is 1.20. The highest BCUT2D eigenvalue weighted by molar-refractivity contribution is 7.71. The molecule has 70 valence electrons. The second-order valence-electron chi connectivity index (χ2n) is 2.46. The van der Waals surface area contributed by atoms with Crippen molar-refractivity contribution in [2.24, 2.45) is 0 Å². The maximum atomic E-state index is 11.2. The minimum absolute atomic E-state index is 0.222. The maximum Gasteiger partial charge on any atom is 0.252 e. The fraction of sp³-hybridized carbons (Fsp3) is 0.250. The van der Waals surface area contributed by atoms with E-state index in [1.54, 1.807) is 6.07 Å². The number of hydrogen-bond acceptors (Lipinski definition) is 3. The molecule has 0 unspecified atom stereocenters. The summed E-state index contributed by atoms with van der Waals surface area (Å²) in [5, 5.41) is 11.8. The van der Waals surface area contributed by atoms with E-state index in [1.165, 1.54) is 12.3 Å². The molecule has 0 radical (unpaired) electrons. The van der Waals surface area contributed by atoms with Gasteiger partial charge in [-0.25, -0.2) is 0 Å². The Balaban J connectivity index is 2.97. The van der Waals surface area contributed by atoms with Crippen LogP contribution < -0.4 is 5.32 Å². The Morgan fingerprint density at radius 1 is 1.69 bits per heavy atom. The van der Waals surface area contributed by atoms with E-state index in [4.69, 9.17) is 17.4 Å². The molecule has 0 fully saturated rings. The second kappa shape index (κ2) is 4.04. The van der Waals surface area contributed by atoms with Gasteiger partial charge >= 0.3 is 0 Å². The van der Waals surface area contributed by atoms with Gasteiger partial charge in [-0.2, -0.15) is 4.73 Å². The van der Waals surface area contributed by atoms with E-state index in [2.05, 4.69) is 5.32 Å². The lowest BCUT2D eigenvalue weighted by Crippen LogP contribution is -2.23. The number of nitrogens with one attached hydrogen (secondary N) is 1. The van der Waals surface area contributed by atoms with E-state index >= 15 is 0 Å². The summed E-state index contributed by atoms with van der Waals surface area (Å²) in [6.45, 7) is 2.38. The molecule has 0 atom stereocenters. The van der Waals surface area contributed by atoms with Crippen molar-refractivity contribution in [1.29, 1.82) is 0 Å². The summed E-state index contributed by atoms with van der Waals surface area (Å²) in [6, 6.07) is 3.07. The number of carbonyl (C=O) groups excluding carboxylic acids is 1. The first-order chi connectivity index (χ1) is 6.15. The Bertz CT molecular complexity index is 373. The van der Waals surface area contributed by atoms with Gasteiger partial charge in [-0.15, -0.1) is 0 Å². The number of carbonyl (C=O) groups is 1. The average Bonchev–Trinajstić information content (AvgIpc) is 2.10. The molecule has 1 rings (SSSR count). The highest BCUT2D eigenvalue weighted by atomic mass is 32.1. The van der Waals surface area contributed by atoms with Crippen molar-refractivity contribution in [1.82, 2.24) is 10.0 Å². The van der Waals surface area contributed by atoms with Gasteiger partial charge in [-0.3, -0.25) is 4.79 Å². The Labute approximate surface area is 80.8 Å². The van der Waals surface area contributed by atoms with Gasteiger partial charge in [-0.05, 0) is 19.1 Å². The lowest BCUT2D eigenvalue weighted by molar-refractivity contribution is 0.0950. The van der Waals surface area contributed by atoms with E-state index in [9.17, 15) is 4.79 Å². The molecule has 0 aliphatic heterocycles.